The fourth-order valence-electron chi connectivity index (χ4n) is 2.91. The van der Waals surface area contributed by atoms with E-state index >= 15 is 0 Å². The number of ether oxygens (including phenoxy) is 1. The number of hydrogen-bond donors (Lipinski definition) is 2. The van der Waals surface area contributed by atoms with Crippen LogP contribution in [-0.4, -0.2) is 27.5 Å². The van der Waals surface area contributed by atoms with Crippen LogP contribution in [0.2, 0.25) is 0 Å². The van der Waals surface area contributed by atoms with E-state index in [1.807, 2.05) is 38.1 Å². The summed E-state index contributed by atoms with van der Waals surface area (Å²) in [6.07, 6.45) is 0. The number of anilines is 1. The molecule has 0 aliphatic heterocycles. The van der Waals surface area contributed by atoms with Crippen LogP contribution in [0.3, 0.4) is 0 Å². The predicted molar refractivity (Wildman–Crippen MR) is 122 cm³/mol. The average Bonchev–Trinajstić information content (AvgIpc) is 2.74. The van der Waals surface area contributed by atoms with Crippen LogP contribution < -0.4 is 14.8 Å². The van der Waals surface area contributed by atoms with Crippen LogP contribution in [0.1, 0.15) is 27.0 Å². The highest BCUT2D eigenvalue weighted by Crippen LogP contribution is 2.21. The summed E-state index contributed by atoms with van der Waals surface area (Å²) < 4.78 is 33.4. The summed E-state index contributed by atoms with van der Waals surface area (Å²) >= 11 is 0. The van der Waals surface area contributed by atoms with Crippen molar-refractivity contribution < 1.29 is 17.9 Å². The van der Waals surface area contributed by atoms with Gasteiger partial charge in [0.05, 0.1) is 17.1 Å². The molecule has 0 fully saturated rings. The van der Waals surface area contributed by atoms with Crippen molar-refractivity contribution in [1.82, 2.24) is 5.32 Å². The summed E-state index contributed by atoms with van der Waals surface area (Å²) in [5.41, 5.74) is 3.67. The largest absolute Gasteiger partial charge is 0.492 e. The lowest BCUT2D eigenvalue weighted by molar-refractivity contribution is 0.0947. The molecule has 0 aliphatic rings. The van der Waals surface area contributed by atoms with Gasteiger partial charge >= 0.3 is 0 Å². The molecule has 3 rings (SSSR count). The number of amides is 1. The lowest BCUT2D eigenvalue weighted by Crippen LogP contribution is -2.28. The first-order valence-corrected chi connectivity index (χ1v) is 11.4. The zero-order chi connectivity index (χ0) is 22.4. The summed E-state index contributed by atoms with van der Waals surface area (Å²) in [4.78, 5) is 12.6. The quantitative estimate of drug-likeness (QED) is 0.516. The maximum absolute atomic E-state index is 12.6. The number of aryl methyl sites for hydroxylation is 3. The smallest absolute Gasteiger partial charge is 0.261 e. The molecule has 0 atom stereocenters. The molecular formula is C24H26N2O4S. The van der Waals surface area contributed by atoms with E-state index in [4.69, 9.17) is 4.74 Å². The number of hydrogen-bond acceptors (Lipinski definition) is 4. The lowest BCUT2D eigenvalue weighted by atomic mass is 10.1. The van der Waals surface area contributed by atoms with Gasteiger partial charge in [0.15, 0.2) is 0 Å². The third kappa shape index (κ3) is 6.08. The first-order valence-electron chi connectivity index (χ1n) is 9.92. The van der Waals surface area contributed by atoms with E-state index in [0.717, 1.165) is 16.9 Å². The minimum atomic E-state index is -3.70. The number of carbonyl (C=O) groups is 1. The zero-order valence-corrected chi connectivity index (χ0v) is 18.6. The van der Waals surface area contributed by atoms with Crippen LogP contribution >= 0.6 is 0 Å². The van der Waals surface area contributed by atoms with Crippen LogP contribution in [0.4, 0.5) is 5.69 Å². The average molecular weight is 439 g/mol. The van der Waals surface area contributed by atoms with Crippen LogP contribution in [0.25, 0.3) is 0 Å². The maximum Gasteiger partial charge on any atom is 0.261 e. The number of benzene rings is 3. The molecule has 0 saturated carbocycles. The fourth-order valence-corrected chi connectivity index (χ4v) is 4.04. The molecule has 7 heteroatoms. The number of rotatable bonds is 8. The van der Waals surface area contributed by atoms with Gasteiger partial charge in [0.1, 0.15) is 12.4 Å². The molecule has 2 N–H and O–H groups in total. The van der Waals surface area contributed by atoms with Gasteiger partial charge in [-0.3, -0.25) is 9.52 Å². The Kier molecular flexibility index (Phi) is 6.97. The molecular weight excluding hydrogens is 412 g/mol. The van der Waals surface area contributed by atoms with E-state index < -0.39 is 10.0 Å². The van der Waals surface area contributed by atoms with Crippen LogP contribution in [0.15, 0.2) is 71.6 Å². The van der Waals surface area contributed by atoms with Crippen molar-refractivity contribution in [2.24, 2.45) is 0 Å². The van der Waals surface area contributed by atoms with Crippen molar-refractivity contribution in [3.8, 4) is 5.75 Å². The van der Waals surface area contributed by atoms with Gasteiger partial charge in [0.25, 0.3) is 15.9 Å². The SMILES string of the molecule is Cc1ccc(OCCNC(=O)c2ccc(NS(=O)(=O)c3ccc(C)cc3)c(C)c2)cc1. The molecule has 0 saturated heterocycles. The van der Waals surface area contributed by atoms with Crippen LogP contribution in [0.5, 0.6) is 5.75 Å². The molecule has 0 aromatic heterocycles. The van der Waals surface area contributed by atoms with Gasteiger partial charge in [-0.05, 0) is 68.8 Å². The van der Waals surface area contributed by atoms with Crippen molar-refractivity contribution in [3.63, 3.8) is 0 Å². The first-order chi connectivity index (χ1) is 14.7. The molecule has 0 unspecified atom stereocenters. The molecule has 3 aromatic rings. The highest BCUT2D eigenvalue weighted by Gasteiger charge is 2.16. The van der Waals surface area contributed by atoms with E-state index in [0.29, 0.717) is 30.0 Å². The van der Waals surface area contributed by atoms with Crippen molar-refractivity contribution in [2.75, 3.05) is 17.9 Å². The zero-order valence-electron chi connectivity index (χ0n) is 17.8. The Balaban J connectivity index is 1.57. The van der Waals surface area contributed by atoms with E-state index in [-0.39, 0.29) is 10.8 Å². The minimum Gasteiger partial charge on any atom is -0.492 e. The molecule has 1 amide bonds. The van der Waals surface area contributed by atoms with Gasteiger partial charge in [0, 0.05) is 5.56 Å². The van der Waals surface area contributed by atoms with E-state index in [9.17, 15) is 13.2 Å². The highest BCUT2D eigenvalue weighted by atomic mass is 32.2. The summed E-state index contributed by atoms with van der Waals surface area (Å²) in [6.45, 7) is 6.36. The first kappa shape index (κ1) is 22.4. The van der Waals surface area contributed by atoms with Crippen LogP contribution in [-0.2, 0) is 10.0 Å². The van der Waals surface area contributed by atoms with E-state index in [1.165, 1.54) is 0 Å². The fraction of sp³-hybridized carbons (Fsp3) is 0.208. The molecule has 162 valence electrons. The standard InChI is InChI=1S/C24H26N2O4S/c1-17-4-9-21(10-5-17)30-15-14-25-24(27)20-8-13-23(19(3)16-20)26-31(28,29)22-11-6-18(2)7-12-22/h4-13,16,26H,14-15H2,1-3H3,(H,25,27). The second-order valence-electron chi connectivity index (χ2n) is 7.37. The molecule has 0 heterocycles. The Labute approximate surface area is 183 Å². The van der Waals surface area contributed by atoms with Gasteiger partial charge < -0.3 is 10.1 Å². The van der Waals surface area contributed by atoms with Gasteiger partial charge in [-0.15, -0.1) is 0 Å². The number of nitrogens with one attached hydrogen (secondary N) is 2. The Bertz CT molecular complexity index is 1160. The van der Waals surface area contributed by atoms with Crippen molar-refractivity contribution in [2.45, 2.75) is 25.7 Å². The van der Waals surface area contributed by atoms with Crippen molar-refractivity contribution >= 4 is 21.6 Å². The van der Waals surface area contributed by atoms with Gasteiger partial charge in [0.2, 0.25) is 0 Å². The molecule has 0 radical (unpaired) electrons. The lowest BCUT2D eigenvalue weighted by Gasteiger charge is -2.12. The topological polar surface area (TPSA) is 84.5 Å². The molecule has 0 spiro atoms. The summed E-state index contributed by atoms with van der Waals surface area (Å²) in [7, 11) is -3.70. The summed E-state index contributed by atoms with van der Waals surface area (Å²) in [5, 5.41) is 2.80. The molecule has 3 aromatic carbocycles. The Hall–Kier alpha value is -3.32. The third-order valence-electron chi connectivity index (χ3n) is 4.74. The van der Waals surface area contributed by atoms with Gasteiger partial charge in [-0.2, -0.15) is 0 Å². The normalized spacial score (nSPS) is 11.1. The second kappa shape index (κ2) is 9.66. The molecule has 0 aliphatic carbocycles. The Morgan fingerprint density at radius 2 is 1.48 bits per heavy atom. The Morgan fingerprint density at radius 3 is 2.10 bits per heavy atom. The molecule has 0 bridgehead atoms. The maximum atomic E-state index is 12.6. The highest BCUT2D eigenvalue weighted by molar-refractivity contribution is 7.92. The number of sulfonamides is 1. The van der Waals surface area contributed by atoms with Gasteiger partial charge in [-0.1, -0.05) is 35.4 Å². The Morgan fingerprint density at radius 1 is 0.871 bits per heavy atom. The summed E-state index contributed by atoms with van der Waals surface area (Å²) in [5.74, 6) is 0.504. The van der Waals surface area contributed by atoms with E-state index in [2.05, 4.69) is 10.0 Å². The van der Waals surface area contributed by atoms with Crippen LogP contribution in [0, 0.1) is 20.8 Å². The third-order valence-corrected chi connectivity index (χ3v) is 6.12. The van der Waals surface area contributed by atoms with Crippen molar-refractivity contribution in [3.05, 3.63) is 89.0 Å². The molecule has 31 heavy (non-hydrogen) atoms. The second-order valence-corrected chi connectivity index (χ2v) is 9.05. The molecule has 6 nitrogen and oxygen atoms in total. The van der Waals surface area contributed by atoms with E-state index in [1.54, 1.807) is 49.4 Å². The van der Waals surface area contributed by atoms with Crippen molar-refractivity contribution in [1.29, 1.82) is 0 Å². The monoisotopic (exact) mass is 438 g/mol. The summed E-state index contributed by atoms with van der Waals surface area (Å²) in [6, 6.07) is 19.2. The number of carbonyl (C=O) groups excluding carboxylic acids is 1. The predicted octanol–water partition coefficient (Wildman–Crippen LogP) is 4.22. The van der Waals surface area contributed by atoms with Gasteiger partial charge in [-0.25, -0.2) is 8.42 Å². The minimum absolute atomic E-state index is 0.188.